The van der Waals surface area contributed by atoms with E-state index in [4.69, 9.17) is 0 Å². The summed E-state index contributed by atoms with van der Waals surface area (Å²) < 4.78 is 14.3. The number of rotatable bonds is 4. The predicted octanol–water partition coefficient (Wildman–Crippen LogP) is 4.79. The van der Waals surface area contributed by atoms with Crippen LogP contribution in [0.5, 0.6) is 0 Å². The Hall–Kier alpha value is -3.73. The van der Waals surface area contributed by atoms with Gasteiger partial charge in [0.25, 0.3) is 11.8 Å². The number of aryl methyl sites for hydroxylation is 2. The van der Waals surface area contributed by atoms with Crippen molar-refractivity contribution >= 4 is 23.1 Å². The summed E-state index contributed by atoms with van der Waals surface area (Å²) in [5.41, 5.74) is 5.93. The van der Waals surface area contributed by atoms with E-state index >= 15 is 0 Å². The van der Waals surface area contributed by atoms with Crippen molar-refractivity contribution < 1.29 is 14.0 Å². The highest BCUT2D eigenvalue weighted by Gasteiger charge is 2.43. The number of anilines is 1. The van der Waals surface area contributed by atoms with Crippen LogP contribution < -0.4 is 4.90 Å². The number of carbonyl (C=O) groups is 2. The molecule has 5 rings (SSSR count). The molecule has 2 aliphatic rings. The van der Waals surface area contributed by atoms with Gasteiger partial charge in [-0.3, -0.25) is 14.5 Å². The van der Waals surface area contributed by atoms with Gasteiger partial charge in [-0.25, -0.2) is 4.39 Å². The first-order chi connectivity index (χ1) is 15.5. The number of benzene rings is 3. The molecular weight excluding hydrogens is 403 g/mol. The quantitative estimate of drug-likeness (QED) is 0.564. The minimum atomic E-state index is -0.430. The SMILES string of the molecule is Cc1ccc(C2=C(N3CCc4ccccc43)C(=O)N(Cc3ccccc3F)C2=O)c(C)c1. The largest absolute Gasteiger partial charge is 0.336 e. The molecule has 0 atom stereocenters. The molecule has 32 heavy (non-hydrogen) atoms. The maximum atomic E-state index is 14.3. The monoisotopic (exact) mass is 426 g/mol. The van der Waals surface area contributed by atoms with Crippen molar-refractivity contribution in [1.82, 2.24) is 4.90 Å². The van der Waals surface area contributed by atoms with Gasteiger partial charge in [-0.2, -0.15) is 0 Å². The lowest BCUT2D eigenvalue weighted by molar-refractivity contribution is -0.137. The number of halogens is 1. The van der Waals surface area contributed by atoms with E-state index in [0.29, 0.717) is 23.4 Å². The Kier molecular flexibility index (Phi) is 4.89. The standard InChI is InChI=1S/C27H23FN2O2/c1-17-11-12-21(18(2)15-17)24-25(29-14-13-19-7-4-6-10-23(19)29)27(32)30(26(24)31)16-20-8-3-5-9-22(20)28/h3-12,15H,13-14,16H2,1-2H3. The van der Waals surface area contributed by atoms with Crippen LogP contribution in [0.4, 0.5) is 10.1 Å². The number of imide groups is 1. The van der Waals surface area contributed by atoms with E-state index in [-0.39, 0.29) is 18.4 Å². The molecule has 0 fully saturated rings. The summed E-state index contributed by atoms with van der Waals surface area (Å²) in [5.74, 6) is -1.20. The van der Waals surface area contributed by atoms with Crippen LogP contribution in [0.2, 0.25) is 0 Å². The molecule has 0 saturated carbocycles. The molecule has 0 aliphatic carbocycles. The molecule has 0 radical (unpaired) electrons. The molecule has 0 bridgehead atoms. The summed E-state index contributed by atoms with van der Waals surface area (Å²) in [6.07, 6.45) is 0.800. The fraction of sp³-hybridized carbons (Fsp3) is 0.185. The Morgan fingerprint density at radius 2 is 1.66 bits per heavy atom. The summed E-state index contributed by atoms with van der Waals surface area (Å²) in [5, 5.41) is 0. The van der Waals surface area contributed by atoms with Crippen LogP contribution in [0.1, 0.15) is 27.8 Å². The molecule has 0 saturated heterocycles. The van der Waals surface area contributed by atoms with Gasteiger partial charge in [-0.15, -0.1) is 0 Å². The summed E-state index contributed by atoms with van der Waals surface area (Å²) in [6.45, 7) is 4.46. The molecule has 2 aliphatic heterocycles. The molecule has 0 spiro atoms. The number of amides is 2. The molecule has 0 unspecified atom stereocenters. The van der Waals surface area contributed by atoms with E-state index in [1.165, 1.54) is 11.0 Å². The fourth-order valence-electron chi connectivity index (χ4n) is 4.66. The maximum absolute atomic E-state index is 14.3. The van der Waals surface area contributed by atoms with Crippen LogP contribution >= 0.6 is 0 Å². The zero-order chi connectivity index (χ0) is 22.4. The highest BCUT2D eigenvalue weighted by Crippen LogP contribution is 2.39. The molecule has 3 aromatic carbocycles. The molecule has 3 aromatic rings. The number of para-hydroxylation sites is 1. The molecule has 0 aromatic heterocycles. The van der Waals surface area contributed by atoms with Crippen molar-refractivity contribution in [3.05, 3.63) is 106 Å². The molecule has 4 nitrogen and oxygen atoms in total. The first-order valence-corrected chi connectivity index (χ1v) is 10.7. The van der Waals surface area contributed by atoms with Gasteiger partial charge in [0.05, 0.1) is 12.1 Å². The number of nitrogens with zero attached hydrogens (tertiary/aromatic N) is 2. The van der Waals surface area contributed by atoms with Gasteiger partial charge in [-0.05, 0) is 49.1 Å². The van der Waals surface area contributed by atoms with E-state index in [2.05, 4.69) is 0 Å². The summed E-state index contributed by atoms with van der Waals surface area (Å²) >= 11 is 0. The van der Waals surface area contributed by atoms with Crippen LogP contribution in [-0.4, -0.2) is 23.3 Å². The van der Waals surface area contributed by atoms with E-state index in [0.717, 1.165) is 34.4 Å². The Bertz CT molecular complexity index is 1290. The van der Waals surface area contributed by atoms with E-state index in [1.807, 2.05) is 61.2 Å². The van der Waals surface area contributed by atoms with E-state index in [1.54, 1.807) is 18.2 Å². The number of fused-ring (bicyclic) bond motifs is 1. The highest BCUT2D eigenvalue weighted by atomic mass is 19.1. The zero-order valence-electron chi connectivity index (χ0n) is 18.1. The van der Waals surface area contributed by atoms with Crippen molar-refractivity contribution in [2.45, 2.75) is 26.8 Å². The summed E-state index contributed by atoms with van der Waals surface area (Å²) in [6, 6.07) is 20.1. The first-order valence-electron chi connectivity index (χ1n) is 10.7. The van der Waals surface area contributed by atoms with Crippen molar-refractivity contribution in [3.63, 3.8) is 0 Å². The predicted molar refractivity (Wildman–Crippen MR) is 122 cm³/mol. The summed E-state index contributed by atoms with van der Waals surface area (Å²) in [4.78, 5) is 30.4. The molecule has 5 heteroatoms. The van der Waals surface area contributed by atoms with E-state index < -0.39 is 5.82 Å². The van der Waals surface area contributed by atoms with Gasteiger partial charge in [-0.1, -0.05) is 60.2 Å². The number of hydrogen-bond acceptors (Lipinski definition) is 3. The normalized spacial score (nSPS) is 15.7. The number of carbonyl (C=O) groups excluding carboxylic acids is 2. The Labute approximate surface area is 186 Å². The van der Waals surface area contributed by atoms with Crippen molar-refractivity contribution in [1.29, 1.82) is 0 Å². The van der Waals surface area contributed by atoms with Crippen LogP contribution in [-0.2, 0) is 22.6 Å². The van der Waals surface area contributed by atoms with Crippen LogP contribution in [0, 0.1) is 19.7 Å². The van der Waals surface area contributed by atoms with Crippen LogP contribution in [0.25, 0.3) is 5.57 Å². The maximum Gasteiger partial charge on any atom is 0.278 e. The second-order valence-corrected chi connectivity index (χ2v) is 8.36. The van der Waals surface area contributed by atoms with Crippen molar-refractivity contribution in [3.8, 4) is 0 Å². The topological polar surface area (TPSA) is 40.6 Å². The lowest BCUT2D eigenvalue weighted by Gasteiger charge is -2.22. The van der Waals surface area contributed by atoms with Gasteiger partial charge >= 0.3 is 0 Å². The van der Waals surface area contributed by atoms with E-state index in [9.17, 15) is 14.0 Å². The molecule has 2 heterocycles. The van der Waals surface area contributed by atoms with Crippen molar-refractivity contribution in [2.24, 2.45) is 0 Å². The molecular formula is C27H23FN2O2. The second-order valence-electron chi connectivity index (χ2n) is 8.36. The first kappa shape index (κ1) is 20.2. The summed E-state index contributed by atoms with van der Waals surface area (Å²) in [7, 11) is 0. The lowest BCUT2D eigenvalue weighted by atomic mass is 9.97. The third-order valence-electron chi connectivity index (χ3n) is 6.24. The Balaban J connectivity index is 1.65. The minimum absolute atomic E-state index is 0.0995. The van der Waals surface area contributed by atoms with Crippen LogP contribution in [0.3, 0.4) is 0 Å². The third kappa shape index (κ3) is 3.21. The van der Waals surface area contributed by atoms with Gasteiger partial charge in [0.2, 0.25) is 0 Å². The number of hydrogen-bond donors (Lipinski definition) is 0. The van der Waals surface area contributed by atoms with Crippen LogP contribution in [0.15, 0.2) is 72.4 Å². The van der Waals surface area contributed by atoms with Gasteiger partial charge in [0, 0.05) is 17.8 Å². The smallest absolute Gasteiger partial charge is 0.278 e. The van der Waals surface area contributed by atoms with Gasteiger partial charge in [0.15, 0.2) is 0 Å². The second kappa shape index (κ2) is 7.75. The fourth-order valence-corrected chi connectivity index (χ4v) is 4.66. The van der Waals surface area contributed by atoms with Crippen molar-refractivity contribution in [2.75, 3.05) is 11.4 Å². The van der Waals surface area contributed by atoms with Gasteiger partial charge < -0.3 is 4.90 Å². The third-order valence-corrected chi connectivity index (χ3v) is 6.24. The highest BCUT2D eigenvalue weighted by molar-refractivity contribution is 6.37. The minimum Gasteiger partial charge on any atom is -0.336 e. The zero-order valence-corrected chi connectivity index (χ0v) is 18.1. The lowest BCUT2D eigenvalue weighted by Crippen LogP contribution is -2.34. The molecule has 0 N–H and O–H groups in total. The molecule has 2 amide bonds. The Morgan fingerprint density at radius 1 is 0.906 bits per heavy atom. The average Bonchev–Trinajstić information content (AvgIpc) is 3.29. The Morgan fingerprint density at radius 3 is 2.44 bits per heavy atom. The van der Waals surface area contributed by atoms with Gasteiger partial charge in [0.1, 0.15) is 11.5 Å². The average molecular weight is 426 g/mol. The molecule has 160 valence electrons.